The van der Waals surface area contributed by atoms with E-state index in [1.807, 2.05) is 13.8 Å². The lowest BCUT2D eigenvalue weighted by atomic mass is 9.83. The molecule has 0 radical (unpaired) electrons. The molecule has 1 atom stereocenters. The molecule has 0 heterocycles. The van der Waals surface area contributed by atoms with Crippen LogP contribution in [0.15, 0.2) is 12.1 Å². The molecule has 1 heteroatoms. The highest BCUT2D eigenvalue weighted by Crippen LogP contribution is 2.36. The van der Waals surface area contributed by atoms with E-state index >= 15 is 0 Å². The molecule has 110 valence electrons. The first-order valence-electron chi connectivity index (χ1n) is 7.48. The molecule has 0 aliphatic carbocycles. The lowest BCUT2D eigenvalue weighted by Crippen LogP contribution is -2.16. The first-order valence-corrected chi connectivity index (χ1v) is 7.48. The van der Waals surface area contributed by atoms with Gasteiger partial charge in [0.2, 0.25) is 0 Å². The summed E-state index contributed by atoms with van der Waals surface area (Å²) < 4.78 is 5.98. The van der Waals surface area contributed by atoms with Crippen molar-refractivity contribution in [3.8, 4) is 17.6 Å². The quantitative estimate of drug-likeness (QED) is 0.709. The fourth-order valence-electron chi connectivity index (χ4n) is 2.50. The van der Waals surface area contributed by atoms with Crippen LogP contribution in [0.4, 0.5) is 0 Å². The molecule has 0 amide bonds. The van der Waals surface area contributed by atoms with Crippen LogP contribution in [0.3, 0.4) is 0 Å². The van der Waals surface area contributed by atoms with Crippen LogP contribution >= 0.6 is 0 Å². The Balaban J connectivity index is 3.33. The van der Waals surface area contributed by atoms with E-state index < -0.39 is 0 Å². The molecule has 20 heavy (non-hydrogen) atoms. The standard InChI is InChI=1S/C19H28O/c1-8-10-14(3)11-16-12-15(4)13-17(19(5,6)7)18(16)20-9-2/h12-14H,9,11H2,1-7H3. The monoisotopic (exact) mass is 272 g/mol. The van der Waals surface area contributed by atoms with Gasteiger partial charge in [-0.15, -0.1) is 11.8 Å². The van der Waals surface area contributed by atoms with E-state index in [2.05, 4.69) is 58.6 Å². The van der Waals surface area contributed by atoms with Crippen LogP contribution in [-0.2, 0) is 11.8 Å². The van der Waals surface area contributed by atoms with Gasteiger partial charge in [0.25, 0.3) is 0 Å². The topological polar surface area (TPSA) is 9.23 Å². The van der Waals surface area contributed by atoms with Gasteiger partial charge in [0.1, 0.15) is 5.75 Å². The molecule has 0 fully saturated rings. The minimum Gasteiger partial charge on any atom is -0.493 e. The van der Waals surface area contributed by atoms with Crippen LogP contribution < -0.4 is 4.74 Å². The molecule has 0 aromatic heterocycles. The molecule has 1 nitrogen and oxygen atoms in total. The van der Waals surface area contributed by atoms with Gasteiger partial charge in [0, 0.05) is 11.5 Å². The molecule has 1 aromatic rings. The molecule has 0 saturated heterocycles. The first kappa shape index (κ1) is 16.6. The van der Waals surface area contributed by atoms with E-state index in [0.717, 1.165) is 12.2 Å². The van der Waals surface area contributed by atoms with Gasteiger partial charge in [-0.2, -0.15) is 0 Å². The van der Waals surface area contributed by atoms with E-state index in [4.69, 9.17) is 4.74 Å². The number of rotatable bonds is 4. The van der Waals surface area contributed by atoms with Gasteiger partial charge in [-0.3, -0.25) is 0 Å². The second-order valence-corrected chi connectivity index (χ2v) is 6.48. The molecule has 1 rings (SSSR count). The Bertz CT molecular complexity index is 509. The number of benzene rings is 1. The van der Waals surface area contributed by atoms with Crippen molar-refractivity contribution in [3.63, 3.8) is 0 Å². The van der Waals surface area contributed by atoms with Gasteiger partial charge in [-0.05, 0) is 38.2 Å². The van der Waals surface area contributed by atoms with Crippen molar-refractivity contribution in [1.29, 1.82) is 0 Å². The first-order chi connectivity index (χ1) is 9.29. The summed E-state index contributed by atoms with van der Waals surface area (Å²) >= 11 is 0. The summed E-state index contributed by atoms with van der Waals surface area (Å²) in [6.07, 6.45) is 0.945. The molecule has 0 N–H and O–H groups in total. The number of ether oxygens (including phenoxy) is 1. The second kappa shape index (κ2) is 6.84. The lowest BCUT2D eigenvalue weighted by molar-refractivity contribution is 0.325. The van der Waals surface area contributed by atoms with Crippen LogP contribution in [0.2, 0.25) is 0 Å². The Morgan fingerprint density at radius 1 is 1.25 bits per heavy atom. The summed E-state index contributed by atoms with van der Waals surface area (Å²) in [5.74, 6) is 7.66. The van der Waals surface area contributed by atoms with E-state index in [1.165, 1.54) is 16.7 Å². The third-order valence-corrected chi connectivity index (χ3v) is 3.32. The van der Waals surface area contributed by atoms with Crippen molar-refractivity contribution < 1.29 is 4.74 Å². The summed E-state index contributed by atoms with van der Waals surface area (Å²) in [6, 6.07) is 4.50. The van der Waals surface area contributed by atoms with Gasteiger partial charge in [0.05, 0.1) is 6.61 Å². The van der Waals surface area contributed by atoms with Crippen molar-refractivity contribution >= 4 is 0 Å². The highest BCUT2D eigenvalue weighted by atomic mass is 16.5. The average molecular weight is 272 g/mol. The van der Waals surface area contributed by atoms with Gasteiger partial charge in [0.15, 0.2) is 0 Å². The van der Waals surface area contributed by atoms with Gasteiger partial charge in [-0.1, -0.05) is 45.4 Å². The Morgan fingerprint density at radius 2 is 1.90 bits per heavy atom. The van der Waals surface area contributed by atoms with Gasteiger partial charge < -0.3 is 4.74 Å². The zero-order chi connectivity index (χ0) is 15.3. The van der Waals surface area contributed by atoms with Crippen molar-refractivity contribution in [2.24, 2.45) is 5.92 Å². The zero-order valence-electron chi connectivity index (χ0n) is 14.1. The van der Waals surface area contributed by atoms with Crippen LogP contribution in [0.25, 0.3) is 0 Å². The summed E-state index contributed by atoms with van der Waals surface area (Å²) in [5, 5.41) is 0. The smallest absolute Gasteiger partial charge is 0.126 e. The van der Waals surface area contributed by atoms with Crippen molar-refractivity contribution in [1.82, 2.24) is 0 Å². The van der Waals surface area contributed by atoms with Crippen molar-refractivity contribution in [2.75, 3.05) is 6.61 Å². The maximum atomic E-state index is 5.98. The minimum atomic E-state index is 0.0882. The summed E-state index contributed by atoms with van der Waals surface area (Å²) in [7, 11) is 0. The predicted octanol–water partition coefficient (Wildman–Crippen LogP) is 4.89. The maximum Gasteiger partial charge on any atom is 0.126 e. The molecular formula is C19H28O. The third-order valence-electron chi connectivity index (χ3n) is 3.32. The van der Waals surface area contributed by atoms with E-state index in [9.17, 15) is 0 Å². The molecule has 0 spiro atoms. The van der Waals surface area contributed by atoms with E-state index in [1.54, 1.807) is 0 Å². The second-order valence-electron chi connectivity index (χ2n) is 6.48. The largest absolute Gasteiger partial charge is 0.493 e. The molecule has 0 aliphatic rings. The van der Waals surface area contributed by atoms with Crippen LogP contribution in [-0.4, -0.2) is 6.61 Å². The number of hydrogen-bond acceptors (Lipinski definition) is 1. The van der Waals surface area contributed by atoms with Crippen LogP contribution in [0, 0.1) is 24.7 Å². The summed E-state index contributed by atoms with van der Waals surface area (Å²) in [5.41, 5.74) is 3.97. The van der Waals surface area contributed by atoms with E-state index in [-0.39, 0.29) is 5.41 Å². The summed E-state index contributed by atoms with van der Waals surface area (Å²) in [6.45, 7) is 15.7. The number of hydrogen-bond donors (Lipinski definition) is 0. The fourth-order valence-corrected chi connectivity index (χ4v) is 2.50. The Hall–Kier alpha value is -1.42. The molecule has 0 bridgehead atoms. The summed E-state index contributed by atoms with van der Waals surface area (Å²) in [4.78, 5) is 0. The van der Waals surface area contributed by atoms with Gasteiger partial charge in [-0.25, -0.2) is 0 Å². The number of aryl methyl sites for hydroxylation is 1. The van der Waals surface area contributed by atoms with E-state index in [0.29, 0.717) is 12.5 Å². The van der Waals surface area contributed by atoms with Crippen LogP contribution in [0.5, 0.6) is 5.75 Å². The third kappa shape index (κ3) is 4.30. The molecule has 1 aromatic carbocycles. The maximum absolute atomic E-state index is 5.98. The highest BCUT2D eigenvalue weighted by molar-refractivity contribution is 5.48. The Morgan fingerprint density at radius 3 is 2.40 bits per heavy atom. The van der Waals surface area contributed by atoms with Gasteiger partial charge >= 0.3 is 0 Å². The minimum absolute atomic E-state index is 0.0882. The Kier molecular flexibility index (Phi) is 5.69. The average Bonchev–Trinajstić information content (AvgIpc) is 2.31. The molecular weight excluding hydrogens is 244 g/mol. The lowest BCUT2D eigenvalue weighted by Gasteiger charge is -2.26. The molecule has 0 saturated carbocycles. The highest BCUT2D eigenvalue weighted by Gasteiger charge is 2.22. The fraction of sp³-hybridized carbons (Fsp3) is 0.579. The SMILES string of the molecule is CC#CC(C)Cc1cc(C)cc(C(C)(C)C)c1OCC. The molecule has 0 aliphatic heterocycles. The normalized spacial score (nSPS) is 12.6. The van der Waals surface area contributed by atoms with Crippen LogP contribution in [0.1, 0.15) is 58.2 Å². The molecule has 1 unspecified atom stereocenters. The Labute approximate surface area is 124 Å². The van der Waals surface area contributed by atoms with Crippen molar-refractivity contribution in [3.05, 3.63) is 28.8 Å². The predicted molar refractivity (Wildman–Crippen MR) is 87.4 cm³/mol. The van der Waals surface area contributed by atoms with Crippen molar-refractivity contribution in [2.45, 2.75) is 60.3 Å². The zero-order valence-corrected chi connectivity index (χ0v) is 14.1.